The molecule has 0 unspecified atom stereocenters. The second-order valence-electron chi connectivity index (χ2n) is 10.3. The quantitative estimate of drug-likeness (QED) is 0.192. The molecule has 4 heteroatoms. The Kier molecular flexibility index (Phi) is 9.34. The number of hydrogen-bond donors (Lipinski definition) is 1. The number of Topliss-reactive ketones (excluding diaryl/α,β-unsaturated/α-hetero) is 1. The van der Waals surface area contributed by atoms with Gasteiger partial charge < -0.3 is 14.8 Å². The molecule has 38 heavy (non-hydrogen) atoms. The summed E-state index contributed by atoms with van der Waals surface area (Å²) in [5, 5.41) is 3.47. The molecule has 196 valence electrons. The van der Waals surface area contributed by atoms with E-state index in [-0.39, 0.29) is 17.9 Å². The summed E-state index contributed by atoms with van der Waals surface area (Å²) in [4.78, 5) is 13.3. The number of rotatable bonds is 13. The van der Waals surface area contributed by atoms with Crippen LogP contribution in [0.5, 0.6) is 11.5 Å². The molecule has 0 fully saturated rings. The van der Waals surface area contributed by atoms with Crippen molar-refractivity contribution in [3.63, 3.8) is 0 Å². The highest BCUT2D eigenvalue weighted by atomic mass is 16.5. The van der Waals surface area contributed by atoms with Gasteiger partial charge in [0.1, 0.15) is 13.2 Å². The van der Waals surface area contributed by atoms with Crippen LogP contribution in [0.3, 0.4) is 0 Å². The van der Waals surface area contributed by atoms with Crippen LogP contribution in [0.2, 0.25) is 0 Å². The van der Waals surface area contributed by atoms with Crippen molar-refractivity contribution in [2.45, 2.75) is 52.4 Å². The number of aryl methyl sites for hydroxylation is 1. The molecule has 0 amide bonds. The zero-order valence-corrected chi connectivity index (χ0v) is 22.6. The molecule has 1 N–H and O–H groups in total. The van der Waals surface area contributed by atoms with Gasteiger partial charge in [0.25, 0.3) is 0 Å². The van der Waals surface area contributed by atoms with Crippen LogP contribution in [-0.4, -0.2) is 17.9 Å². The Morgan fingerprint density at radius 1 is 0.711 bits per heavy atom. The molecular weight excluding hydrogens is 470 g/mol. The molecule has 0 saturated heterocycles. The third-order valence-electron chi connectivity index (χ3n) is 6.74. The van der Waals surface area contributed by atoms with Gasteiger partial charge in [0, 0.05) is 16.7 Å². The van der Waals surface area contributed by atoms with Gasteiger partial charge in [0.2, 0.25) is 0 Å². The van der Waals surface area contributed by atoms with Gasteiger partial charge >= 0.3 is 0 Å². The van der Waals surface area contributed by atoms with Crippen molar-refractivity contribution in [1.82, 2.24) is 5.32 Å². The highest BCUT2D eigenvalue weighted by molar-refractivity contribution is 5.99. The molecule has 0 radical (unpaired) electrons. The lowest BCUT2D eigenvalue weighted by atomic mass is 9.94. The summed E-state index contributed by atoms with van der Waals surface area (Å²) in [6.45, 7) is 7.29. The Hall–Kier alpha value is -3.89. The van der Waals surface area contributed by atoms with Crippen molar-refractivity contribution in [3.05, 3.63) is 131 Å². The zero-order valence-electron chi connectivity index (χ0n) is 22.6. The van der Waals surface area contributed by atoms with E-state index < -0.39 is 0 Å². The van der Waals surface area contributed by atoms with Crippen molar-refractivity contribution < 1.29 is 14.3 Å². The molecule has 0 atom stereocenters. The molecule has 0 aromatic heterocycles. The summed E-state index contributed by atoms with van der Waals surface area (Å²) in [5.41, 5.74) is 4.69. The monoisotopic (exact) mass is 507 g/mol. The number of carbonyl (C=O) groups is 1. The maximum absolute atomic E-state index is 13.3. The zero-order chi connectivity index (χ0) is 26.8. The second kappa shape index (κ2) is 13.1. The van der Waals surface area contributed by atoms with E-state index in [2.05, 4.69) is 43.4 Å². The summed E-state index contributed by atoms with van der Waals surface area (Å²) in [6.07, 6.45) is 1.89. The summed E-state index contributed by atoms with van der Waals surface area (Å²) < 4.78 is 12.4. The fourth-order valence-corrected chi connectivity index (χ4v) is 4.33. The van der Waals surface area contributed by atoms with E-state index in [1.54, 1.807) is 0 Å². The predicted octanol–water partition coefficient (Wildman–Crippen LogP) is 7.34. The first-order valence-electron chi connectivity index (χ1n) is 13.2. The topological polar surface area (TPSA) is 47.6 Å². The van der Waals surface area contributed by atoms with E-state index in [0.717, 1.165) is 29.5 Å². The van der Waals surface area contributed by atoms with E-state index in [4.69, 9.17) is 9.47 Å². The fourth-order valence-electron chi connectivity index (χ4n) is 4.33. The molecule has 4 aromatic carbocycles. The molecule has 4 aromatic rings. The standard InChI is InChI=1S/C34H37NO3/c1-26-30(31(36)23-35-34(2,3)22-21-27-13-7-4-8-14-27)19-20-32(37-24-28-15-9-5-10-16-28)33(26)38-25-29-17-11-6-12-18-29/h4-20,35H,21-25H2,1-3H3. The average Bonchev–Trinajstić information content (AvgIpc) is 2.95. The SMILES string of the molecule is Cc1c(C(=O)CNC(C)(C)CCc2ccccc2)ccc(OCc2ccccc2)c1OCc1ccccc1. The highest BCUT2D eigenvalue weighted by Gasteiger charge is 2.22. The Balaban J connectivity index is 1.46. The summed E-state index contributed by atoms with van der Waals surface area (Å²) in [7, 11) is 0. The van der Waals surface area contributed by atoms with Gasteiger partial charge in [-0.05, 0) is 62.4 Å². The summed E-state index contributed by atoms with van der Waals surface area (Å²) in [5.74, 6) is 1.28. The predicted molar refractivity (Wildman–Crippen MR) is 154 cm³/mol. The molecule has 0 spiro atoms. The van der Waals surface area contributed by atoms with Crippen LogP contribution >= 0.6 is 0 Å². The van der Waals surface area contributed by atoms with Crippen molar-refractivity contribution in [3.8, 4) is 11.5 Å². The van der Waals surface area contributed by atoms with Gasteiger partial charge in [-0.25, -0.2) is 0 Å². The van der Waals surface area contributed by atoms with E-state index >= 15 is 0 Å². The van der Waals surface area contributed by atoms with Crippen molar-refractivity contribution in [2.75, 3.05) is 6.54 Å². The lowest BCUT2D eigenvalue weighted by molar-refractivity contribution is 0.0978. The number of carbonyl (C=O) groups excluding carboxylic acids is 1. The molecule has 0 aliphatic rings. The van der Waals surface area contributed by atoms with Gasteiger partial charge in [0.05, 0.1) is 6.54 Å². The van der Waals surface area contributed by atoms with Crippen LogP contribution in [-0.2, 0) is 19.6 Å². The summed E-state index contributed by atoms with van der Waals surface area (Å²) in [6, 6.07) is 34.2. The number of nitrogens with one attached hydrogen (secondary N) is 1. The lowest BCUT2D eigenvalue weighted by Crippen LogP contribution is -2.42. The van der Waals surface area contributed by atoms with Crippen molar-refractivity contribution >= 4 is 5.78 Å². The third-order valence-corrected chi connectivity index (χ3v) is 6.74. The molecule has 0 saturated carbocycles. The number of benzene rings is 4. The van der Waals surface area contributed by atoms with E-state index in [0.29, 0.717) is 30.3 Å². The first-order chi connectivity index (χ1) is 18.4. The number of ether oxygens (including phenoxy) is 2. The molecule has 0 bridgehead atoms. The van der Waals surface area contributed by atoms with Crippen LogP contribution in [0.1, 0.15) is 52.9 Å². The third kappa shape index (κ3) is 7.80. The Bertz CT molecular complexity index is 1300. The maximum atomic E-state index is 13.3. The van der Waals surface area contributed by atoms with E-state index in [9.17, 15) is 4.79 Å². The Morgan fingerprint density at radius 3 is 1.82 bits per heavy atom. The first-order valence-corrected chi connectivity index (χ1v) is 13.2. The van der Waals surface area contributed by atoms with Crippen LogP contribution < -0.4 is 14.8 Å². The normalized spacial score (nSPS) is 11.2. The van der Waals surface area contributed by atoms with Crippen molar-refractivity contribution in [2.24, 2.45) is 0 Å². The van der Waals surface area contributed by atoms with Crippen LogP contribution in [0.25, 0.3) is 0 Å². The summed E-state index contributed by atoms with van der Waals surface area (Å²) >= 11 is 0. The largest absolute Gasteiger partial charge is 0.485 e. The smallest absolute Gasteiger partial charge is 0.177 e. The molecule has 0 aliphatic heterocycles. The van der Waals surface area contributed by atoms with Gasteiger partial charge in [-0.1, -0.05) is 91.0 Å². The fraction of sp³-hybridized carbons (Fsp3) is 0.265. The molecular formula is C34H37NO3. The maximum Gasteiger partial charge on any atom is 0.177 e. The molecule has 0 heterocycles. The minimum atomic E-state index is -0.176. The highest BCUT2D eigenvalue weighted by Crippen LogP contribution is 2.35. The van der Waals surface area contributed by atoms with Gasteiger partial charge in [-0.15, -0.1) is 0 Å². The Morgan fingerprint density at radius 2 is 1.24 bits per heavy atom. The molecule has 4 nitrogen and oxygen atoms in total. The van der Waals surface area contributed by atoms with Crippen molar-refractivity contribution in [1.29, 1.82) is 0 Å². The van der Waals surface area contributed by atoms with Crippen LogP contribution in [0.15, 0.2) is 103 Å². The Labute approximate surface area is 226 Å². The number of hydrogen-bond acceptors (Lipinski definition) is 4. The van der Waals surface area contributed by atoms with Gasteiger partial charge in [-0.3, -0.25) is 4.79 Å². The molecule has 4 rings (SSSR count). The van der Waals surface area contributed by atoms with Gasteiger partial charge in [0.15, 0.2) is 17.3 Å². The molecule has 0 aliphatic carbocycles. The van der Waals surface area contributed by atoms with E-state index in [1.165, 1.54) is 5.56 Å². The second-order valence-corrected chi connectivity index (χ2v) is 10.3. The first kappa shape index (κ1) is 27.2. The van der Waals surface area contributed by atoms with Crippen LogP contribution in [0, 0.1) is 6.92 Å². The average molecular weight is 508 g/mol. The number of ketones is 1. The lowest BCUT2D eigenvalue weighted by Gasteiger charge is -2.26. The minimum absolute atomic E-state index is 0.0365. The van der Waals surface area contributed by atoms with E-state index in [1.807, 2.05) is 85.8 Å². The minimum Gasteiger partial charge on any atom is -0.485 e. The van der Waals surface area contributed by atoms with Gasteiger partial charge in [-0.2, -0.15) is 0 Å². The van der Waals surface area contributed by atoms with Crippen LogP contribution in [0.4, 0.5) is 0 Å².